The van der Waals surface area contributed by atoms with E-state index in [-0.39, 0.29) is 6.10 Å². The minimum absolute atomic E-state index is 0.0815. The van der Waals surface area contributed by atoms with Crippen LogP contribution in [0.1, 0.15) is 12.8 Å². The summed E-state index contributed by atoms with van der Waals surface area (Å²) in [6.07, 6.45) is 0.548. The molecule has 1 fully saturated rings. The SMILES string of the molecule is COc1ccc(NCC2CCC(C(=O)O)O2)cc1Cl. The number of carboxylic acid groups (broad SMARTS) is 1. The molecule has 6 heteroatoms. The largest absolute Gasteiger partial charge is 0.495 e. The van der Waals surface area contributed by atoms with Gasteiger partial charge in [0.2, 0.25) is 0 Å². The second kappa shape index (κ2) is 6.12. The molecule has 104 valence electrons. The maximum Gasteiger partial charge on any atom is 0.332 e. The van der Waals surface area contributed by atoms with Crippen LogP contribution in [0.15, 0.2) is 18.2 Å². The second-order valence-corrected chi connectivity index (χ2v) is 4.80. The van der Waals surface area contributed by atoms with Crippen molar-refractivity contribution in [2.75, 3.05) is 19.0 Å². The number of nitrogens with one attached hydrogen (secondary N) is 1. The topological polar surface area (TPSA) is 67.8 Å². The van der Waals surface area contributed by atoms with Crippen LogP contribution in [-0.4, -0.2) is 36.9 Å². The van der Waals surface area contributed by atoms with E-state index in [4.69, 9.17) is 26.2 Å². The average Bonchev–Trinajstić information content (AvgIpc) is 2.85. The number of hydrogen-bond acceptors (Lipinski definition) is 4. The van der Waals surface area contributed by atoms with E-state index in [1.807, 2.05) is 6.07 Å². The molecule has 0 bridgehead atoms. The summed E-state index contributed by atoms with van der Waals surface area (Å²) in [4.78, 5) is 10.8. The Morgan fingerprint density at radius 3 is 2.95 bits per heavy atom. The van der Waals surface area contributed by atoms with E-state index in [2.05, 4.69) is 5.32 Å². The number of methoxy groups -OCH3 is 1. The highest BCUT2D eigenvalue weighted by atomic mass is 35.5. The van der Waals surface area contributed by atoms with Crippen LogP contribution in [0.3, 0.4) is 0 Å². The first kappa shape index (κ1) is 14.0. The van der Waals surface area contributed by atoms with Gasteiger partial charge in [0.25, 0.3) is 0 Å². The Kier molecular flexibility index (Phi) is 4.50. The van der Waals surface area contributed by atoms with Crippen LogP contribution < -0.4 is 10.1 Å². The van der Waals surface area contributed by atoms with E-state index in [9.17, 15) is 4.79 Å². The molecule has 19 heavy (non-hydrogen) atoms. The van der Waals surface area contributed by atoms with E-state index < -0.39 is 12.1 Å². The normalized spacial score (nSPS) is 22.2. The Bertz CT molecular complexity index is 466. The zero-order valence-corrected chi connectivity index (χ0v) is 11.3. The standard InChI is InChI=1S/C13H16ClNO4/c1-18-11-4-2-8(6-10(11)14)15-7-9-3-5-12(19-9)13(16)17/h2,4,6,9,12,15H,3,5,7H2,1H3,(H,16,17). The summed E-state index contributed by atoms with van der Waals surface area (Å²) in [5, 5.41) is 12.5. The fraction of sp³-hybridized carbons (Fsp3) is 0.462. The fourth-order valence-corrected chi connectivity index (χ4v) is 2.30. The summed E-state index contributed by atoms with van der Waals surface area (Å²) >= 11 is 6.02. The van der Waals surface area contributed by atoms with E-state index >= 15 is 0 Å². The zero-order valence-electron chi connectivity index (χ0n) is 10.6. The molecule has 0 saturated carbocycles. The number of anilines is 1. The van der Waals surface area contributed by atoms with Gasteiger partial charge in [0.1, 0.15) is 5.75 Å². The van der Waals surface area contributed by atoms with Crippen molar-refractivity contribution in [2.24, 2.45) is 0 Å². The molecule has 0 spiro atoms. The van der Waals surface area contributed by atoms with Crippen molar-refractivity contribution in [1.82, 2.24) is 0 Å². The number of carbonyl (C=O) groups is 1. The van der Waals surface area contributed by atoms with Crippen molar-refractivity contribution >= 4 is 23.3 Å². The molecule has 1 aromatic rings. The summed E-state index contributed by atoms with van der Waals surface area (Å²) in [5.74, 6) is -0.273. The summed E-state index contributed by atoms with van der Waals surface area (Å²) in [6, 6.07) is 5.40. The molecule has 1 aliphatic rings. The van der Waals surface area contributed by atoms with Crippen LogP contribution in [-0.2, 0) is 9.53 Å². The number of rotatable bonds is 5. The summed E-state index contributed by atoms with van der Waals surface area (Å²) in [7, 11) is 1.56. The highest BCUT2D eigenvalue weighted by Gasteiger charge is 2.30. The van der Waals surface area contributed by atoms with Crippen molar-refractivity contribution in [1.29, 1.82) is 0 Å². The molecular weight excluding hydrogens is 270 g/mol. The van der Waals surface area contributed by atoms with Crippen molar-refractivity contribution in [2.45, 2.75) is 25.0 Å². The van der Waals surface area contributed by atoms with E-state index in [1.54, 1.807) is 19.2 Å². The highest BCUT2D eigenvalue weighted by Crippen LogP contribution is 2.27. The molecule has 1 aromatic carbocycles. The minimum Gasteiger partial charge on any atom is -0.495 e. The third kappa shape index (κ3) is 3.52. The van der Waals surface area contributed by atoms with Gasteiger partial charge in [-0.15, -0.1) is 0 Å². The Morgan fingerprint density at radius 2 is 2.37 bits per heavy atom. The van der Waals surface area contributed by atoms with Gasteiger partial charge in [-0.3, -0.25) is 0 Å². The molecule has 2 atom stereocenters. The molecule has 1 aliphatic heterocycles. The van der Waals surface area contributed by atoms with Crippen LogP contribution in [0, 0.1) is 0 Å². The fourth-order valence-electron chi connectivity index (χ4n) is 2.05. The van der Waals surface area contributed by atoms with Gasteiger partial charge in [0.15, 0.2) is 6.10 Å². The summed E-state index contributed by atoms with van der Waals surface area (Å²) < 4.78 is 10.5. The lowest BCUT2D eigenvalue weighted by Crippen LogP contribution is -2.24. The number of benzene rings is 1. The molecule has 0 radical (unpaired) electrons. The summed E-state index contributed by atoms with van der Waals surface area (Å²) in [6.45, 7) is 0.562. The second-order valence-electron chi connectivity index (χ2n) is 4.39. The lowest BCUT2D eigenvalue weighted by atomic mass is 10.2. The maximum atomic E-state index is 10.8. The molecule has 0 amide bonds. The molecule has 0 aliphatic carbocycles. The number of hydrogen-bond donors (Lipinski definition) is 2. The van der Waals surface area contributed by atoms with Gasteiger partial charge in [-0.05, 0) is 31.0 Å². The number of aliphatic carboxylic acids is 1. The molecule has 5 nitrogen and oxygen atoms in total. The molecule has 1 saturated heterocycles. The molecule has 1 heterocycles. The van der Waals surface area contributed by atoms with Crippen LogP contribution in [0.2, 0.25) is 5.02 Å². The van der Waals surface area contributed by atoms with Gasteiger partial charge in [0.05, 0.1) is 18.2 Å². The Hall–Kier alpha value is -1.46. The van der Waals surface area contributed by atoms with Crippen LogP contribution >= 0.6 is 11.6 Å². The third-order valence-corrected chi connectivity index (χ3v) is 3.36. The Morgan fingerprint density at radius 1 is 1.58 bits per heavy atom. The predicted molar refractivity (Wildman–Crippen MR) is 72.0 cm³/mol. The maximum absolute atomic E-state index is 10.8. The molecule has 2 N–H and O–H groups in total. The first-order valence-corrected chi connectivity index (χ1v) is 6.43. The molecule has 0 aromatic heterocycles. The minimum atomic E-state index is -0.894. The van der Waals surface area contributed by atoms with Crippen LogP contribution in [0.25, 0.3) is 0 Å². The molecule has 2 rings (SSSR count). The van der Waals surface area contributed by atoms with Crippen molar-refractivity contribution < 1.29 is 19.4 Å². The van der Waals surface area contributed by atoms with Gasteiger partial charge in [-0.25, -0.2) is 4.79 Å². The van der Waals surface area contributed by atoms with Crippen LogP contribution in [0.5, 0.6) is 5.75 Å². The zero-order chi connectivity index (χ0) is 13.8. The Labute approximate surface area is 116 Å². The highest BCUT2D eigenvalue weighted by molar-refractivity contribution is 6.32. The van der Waals surface area contributed by atoms with E-state index in [0.717, 1.165) is 12.1 Å². The van der Waals surface area contributed by atoms with Gasteiger partial charge in [-0.2, -0.15) is 0 Å². The predicted octanol–water partition coefficient (Wildman–Crippen LogP) is 2.39. The quantitative estimate of drug-likeness (QED) is 0.869. The average molecular weight is 286 g/mol. The number of halogens is 1. The van der Waals surface area contributed by atoms with Gasteiger partial charge in [0, 0.05) is 12.2 Å². The first-order chi connectivity index (χ1) is 9.10. The summed E-state index contributed by atoms with van der Waals surface area (Å²) in [5.41, 5.74) is 0.855. The number of ether oxygens (including phenoxy) is 2. The lowest BCUT2D eigenvalue weighted by molar-refractivity contribution is -0.149. The Balaban J connectivity index is 1.86. The smallest absolute Gasteiger partial charge is 0.332 e. The van der Waals surface area contributed by atoms with Crippen molar-refractivity contribution in [3.63, 3.8) is 0 Å². The number of carboxylic acids is 1. The van der Waals surface area contributed by atoms with Crippen LogP contribution in [0.4, 0.5) is 5.69 Å². The monoisotopic (exact) mass is 285 g/mol. The van der Waals surface area contributed by atoms with Gasteiger partial charge >= 0.3 is 5.97 Å². The van der Waals surface area contributed by atoms with Gasteiger partial charge < -0.3 is 19.9 Å². The lowest BCUT2D eigenvalue weighted by Gasteiger charge is -2.14. The van der Waals surface area contributed by atoms with E-state index in [0.29, 0.717) is 23.7 Å². The third-order valence-electron chi connectivity index (χ3n) is 3.07. The first-order valence-electron chi connectivity index (χ1n) is 6.06. The van der Waals surface area contributed by atoms with Crippen molar-refractivity contribution in [3.8, 4) is 5.75 Å². The van der Waals surface area contributed by atoms with Gasteiger partial charge in [-0.1, -0.05) is 11.6 Å². The molecular formula is C13H16ClNO4. The molecule has 2 unspecified atom stereocenters. The van der Waals surface area contributed by atoms with E-state index in [1.165, 1.54) is 0 Å². The van der Waals surface area contributed by atoms with Crippen molar-refractivity contribution in [3.05, 3.63) is 23.2 Å².